The van der Waals surface area contributed by atoms with Crippen LogP contribution in [0.15, 0.2) is 0 Å². The second-order valence-electron chi connectivity index (χ2n) is 5.24. The van der Waals surface area contributed by atoms with E-state index in [0.29, 0.717) is 12.1 Å². The summed E-state index contributed by atoms with van der Waals surface area (Å²) in [6.07, 6.45) is 5.91. The Morgan fingerprint density at radius 1 is 1.56 bits per heavy atom. The van der Waals surface area contributed by atoms with Crippen LogP contribution < -0.4 is 11.3 Å². The maximum absolute atomic E-state index is 5.60. The van der Waals surface area contributed by atoms with Crippen LogP contribution in [0.2, 0.25) is 0 Å². The van der Waals surface area contributed by atoms with Gasteiger partial charge in [-0.15, -0.1) is 0 Å². The highest BCUT2D eigenvalue weighted by Crippen LogP contribution is 2.22. The summed E-state index contributed by atoms with van der Waals surface area (Å²) in [5.41, 5.74) is 2.76. The Bertz CT molecular complexity index is 191. The largest absolute Gasteiger partial charge is 0.379 e. The minimum absolute atomic E-state index is 0.117. The summed E-state index contributed by atoms with van der Waals surface area (Å²) in [7, 11) is 1.74. The van der Waals surface area contributed by atoms with Gasteiger partial charge in [-0.1, -0.05) is 0 Å². The number of rotatable bonds is 7. The molecule has 1 aliphatic rings. The quantitative estimate of drug-likeness (QED) is 0.515. The summed E-state index contributed by atoms with van der Waals surface area (Å²) in [5, 5.41) is 0. The molecular formula is C12H26N2O2. The van der Waals surface area contributed by atoms with Crippen molar-refractivity contribution in [2.45, 2.75) is 63.7 Å². The molecule has 2 unspecified atom stereocenters. The predicted molar refractivity (Wildman–Crippen MR) is 65.0 cm³/mol. The highest BCUT2D eigenvalue weighted by atomic mass is 16.5. The minimum atomic E-state index is -0.117. The van der Waals surface area contributed by atoms with Crippen molar-refractivity contribution < 1.29 is 9.47 Å². The van der Waals surface area contributed by atoms with Gasteiger partial charge < -0.3 is 9.47 Å². The van der Waals surface area contributed by atoms with E-state index in [2.05, 4.69) is 19.3 Å². The lowest BCUT2D eigenvalue weighted by atomic mass is 9.95. The van der Waals surface area contributed by atoms with Gasteiger partial charge in [0.15, 0.2) is 0 Å². The van der Waals surface area contributed by atoms with Crippen LogP contribution in [0.3, 0.4) is 0 Å². The van der Waals surface area contributed by atoms with Gasteiger partial charge in [0.25, 0.3) is 0 Å². The van der Waals surface area contributed by atoms with Crippen LogP contribution in [-0.2, 0) is 9.47 Å². The van der Waals surface area contributed by atoms with Gasteiger partial charge >= 0.3 is 0 Å². The number of hydrazine groups is 1. The van der Waals surface area contributed by atoms with E-state index in [1.54, 1.807) is 7.11 Å². The minimum Gasteiger partial charge on any atom is -0.379 e. The van der Waals surface area contributed by atoms with Gasteiger partial charge in [-0.05, 0) is 46.0 Å². The molecule has 96 valence electrons. The zero-order chi connectivity index (χ0) is 12.0. The van der Waals surface area contributed by atoms with Crippen LogP contribution in [-0.4, -0.2) is 31.5 Å². The molecule has 4 nitrogen and oxygen atoms in total. The Kier molecular flexibility index (Phi) is 5.69. The van der Waals surface area contributed by atoms with E-state index in [1.807, 2.05) is 0 Å². The van der Waals surface area contributed by atoms with Crippen molar-refractivity contribution in [3.63, 3.8) is 0 Å². The molecule has 1 saturated heterocycles. The van der Waals surface area contributed by atoms with Crippen molar-refractivity contribution in [2.75, 3.05) is 13.7 Å². The van der Waals surface area contributed by atoms with Crippen LogP contribution in [0.5, 0.6) is 0 Å². The molecule has 1 aliphatic heterocycles. The smallest absolute Gasteiger partial charge is 0.0638 e. The van der Waals surface area contributed by atoms with E-state index in [9.17, 15) is 0 Å². The van der Waals surface area contributed by atoms with Gasteiger partial charge in [0.05, 0.1) is 11.7 Å². The van der Waals surface area contributed by atoms with Crippen molar-refractivity contribution in [1.29, 1.82) is 0 Å². The third-order valence-corrected chi connectivity index (χ3v) is 3.39. The second kappa shape index (κ2) is 6.55. The summed E-state index contributed by atoms with van der Waals surface area (Å²) in [6.45, 7) is 5.10. The molecule has 1 fully saturated rings. The van der Waals surface area contributed by atoms with Gasteiger partial charge in [0.2, 0.25) is 0 Å². The molecule has 0 bridgehead atoms. The molecular weight excluding hydrogens is 204 g/mol. The number of methoxy groups -OCH3 is 1. The number of ether oxygens (including phenoxy) is 2. The number of nitrogens with one attached hydrogen (secondary N) is 1. The van der Waals surface area contributed by atoms with Crippen molar-refractivity contribution in [1.82, 2.24) is 5.43 Å². The maximum atomic E-state index is 5.60. The Morgan fingerprint density at radius 2 is 2.31 bits per heavy atom. The highest BCUT2D eigenvalue weighted by Gasteiger charge is 2.23. The van der Waals surface area contributed by atoms with Crippen molar-refractivity contribution >= 4 is 0 Å². The van der Waals surface area contributed by atoms with Crippen molar-refractivity contribution in [2.24, 2.45) is 5.84 Å². The van der Waals surface area contributed by atoms with Gasteiger partial charge in [0.1, 0.15) is 0 Å². The average molecular weight is 230 g/mol. The normalized spacial score (nSPS) is 23.6. The molecule has 0 aromatic carbocycles. The Hall–Kier alpha value is -0.160. The molecule has 1 heterocycles. The third kappa shape index (κ3) is 4.78. The molecule has 3 N–H and O–H groups in total. The molecule has 0 aromatic rings. The number of nitrogens with two attached hydrogens (primary N) is 1. The maximum Gasteiger partial charge on any atom is 0.0638 e. The fraction of sp³-hybridized carbons (Fsp3) is 1.00. The summed E-state index contributed by atoms with van der Waals surface area (Å²) in [5.74, 6) is 5.57. The molecule has 0 amide bonds. The molecule has 0 saturated carbocycles. The van der Waals surface area contributed by atoms with Crippen LogP contribution in [0.4, 0.5) is 0 Å². The first-order chi connectivity index (χ1) is 7.57. The first-order valence-electron chi connectivity index (χ1n) is 6.20. The number of hydrogen-bond acceptors (Lipinski definition) is 4. The summed E-state index contributed by atoms with van der Waals surface area (Å²) >= 11 is 0. The van der Waals surface area contributed by atoms with Crippen molar-refractivity contribution in [3.05, 3.63) is 0 Å². The van der Waals surface area contributed by atoms with Gasteiger partial charge in [0, 0.05) is 19.8 Å². The molecule has 4 heteroatoms. The van der Waals surface area contributed by atoms with E-state index in [-0.39, 0.29) is 5.60 Å². The van der Waals surface area contributed by atoms with E-state index in [4.69, 9.17) is 15.3 Å². The van der Waals surface area contributed by atoms with Crippen LogP contribution in [0.25, 0.3) is 0 Å². The first-order valence-corrected chi connectivity index (χ1v) is 6.20. The molecule has 0 aliphatic carbocycles. The van der Waals surface area contributed by atoms with Crippen LogP contribution in [0, 0.1) is 0 Å². The summed E-state index contributed by atoms with van der Waals surface area (Å²) in [4.78, 5) is 0. The lowest BCUT2D eigenvalue weighted by Crippen LogP contribution is -2.41. The fourth-order valence-electron chi connectivity index (χ4n) is 2.18. The van der Waals surface area contributed by atoms with Gasteiger partial charge in [-0.25, -0.2) is 0 Å². The van der Waals surface area contributed by atoms with E-state index < -0.39 is 0 Å². The molecule has 0 spiro atoms. The molecule has 0 aromatic heterocycles. The Morgan fingerprint density at radius 3 is 2.81 bits per heavy atom. The highest BCUT2D eigenvalue weighted by molar-refractivity contribution is 4.78. The predicted octanol–water partition coefficient (Wildman–Crippen LogP) is 1.59. The standard InChI is InChI=1S/C12H26N2O2/c1-12(2,15-3)9-10(14-13)6-7-11-5-4-8-16-11/h10-11,14H,4-9,13H2,1-3H3. The first kappa shape index (κ1) is 13.9. The van der Waals surface area contributed by atoms with Crippen LogP contribution in [0.1, 0.15) is 46.0 Å². The SMILES string of the molecule is COC(C)(C)CC(CCC1CCCO1)NN. The lowest BCUT2D eigenvalue weighted by Gasteiger charge is -2.28. The zero-order valence-electron chi connectivity index (χ0n) is 10.8. The molecule has 1 rings (SSSR count). The zero-order valence-corrected chi connectivity index (χ0v) is 10.8. The van der Waals surface area contributed by atoms with Crippen LogP contribution >= 0.6 is 0 Å². The third-order valence-electron chi connectivity index (χ3n) is 3.39. The monoisotopic (exact) mass is 230 g/mol. The molecule has 16 heavy (non-hydrogen) atoms. The molecule has 0 radical (unpaired) electrons. The van der Waals surface area contributed by atoms with Gasteiger partial charge in [-0.2, -0.15) is 0 Å². The Labute approximate surface area is 98.8 Å². The fourth-order valence-corrected chi connectivity index (χ4v) is 2.18. The molecule has 2 atom stereocenters. The van der Waals surface area contributed by atoms with Gasteiger partial charge in [-0.3, -0.25) is 11.3 Å². The average Bonchev–Trinajstić information content (AvgIpc) is 2.77. The van der Waals surface area contributed by atoms with E-state index in [1.165, 1.54) is 12.8 Å². The Balaban J connectivity index is 2.25. The summed E-state index contributed by atoms with van der Waals surface area (Å²) < 4.78 is 11.0. The van der Waals surface area contributed by atoms with Crippen molar-refractivity contribution in [3.8, 4) is 0 Å². The summed E-state index contributed by atoms with van der Waals surface area (Å²) in [6, 6.07) is 0.305. The number of hydrogen-bond donors (Lipinski definition) is 2. The topological polar surface area (TPSA) is 56.5 Å². The van der Waals surface area contributed by atoms with E-state index >= 15 is 0 Å². The second-order valence-corrected chi connectivity index (χ2v) is 5.24. The lowest BCUT2D eigenvalue weighted by molar-refractivity contribution is 0.00457. The van der Waals surface area contributed by atoms with E-state index in [0.717, 1.165) is 25.9 Å².